The topological polar surface area (TPSA) is 82.3 Å². The molecule has 0 bridgehead atoms. The van der Waals surface area contributed by atoms with Crippen molar-refractivity contribution in [2.45, 2.75) is 45.7 Å². The zero-order valence-corrected chi connectivity index (χ0v) is 14.5. The fraction of sp³-hybridized carbons (Fsp3) is 0.556. The van der Waals surface area contributed by atoms with Crippen LogP contribution < -0.4 is 21.3 Å². The van der Waals surface area contributed by atoms with Crippen LogP contribution in [-0.4, -0.2) is 31.1 Å². The molecule has 1 saturated heterocycles. The van der Waals surface area contributed by atoms with Crippen LogP contribution in [0, 0.1) is 5.92 Å². The van der Waals surface area contributed by atoms with E-state index in [2.05, 4.69) is 21.3 Å². The molecular formula is C18H28N4O2. The van der Waals surface area contributed by atoms with Gasteiger partial charge in [-0.2, -0.15) is 0 Å². The molecule has 1 aromatic carbocycles. The van der Waals surface area contributed by atoms with Gasteiger partial charge in [-0.15, -0.1) is 0 Å². The Bertz CT molecular complexity index is 536. The van der Waals surface area contributed by atoms with Crippen LogP contribution in [-0.2, 0) is 11.3 Å². The second kappa shape index (κ2) is 9.27. The van der Waals surface area contributed by atoms with E-state index in [9.17, 15) is 9.59 Å². The summed E-state index contributed by atoms with van der Waals surface area (Å²) in [5, 5.41) is 11.8. The number of amides is 3. The number of hydrogen-bond acceptors (Lipinski definition) is 3. The Morgan fingerprint density at radius 1 is 1.25 bits per heavy atom. The van der Waals surface area contributed by atoms with E-state index >= 15 is 0 Å². The lowest BCUT2D eigenvalue weighted by Gasteiger charge is -2.11. The van der Waals surface area contributed by atoms with Crippen LogP contribution in [0.3, 0.4) is 0 Å². The molecule has 1 fully saturated rings. The third-order valence-electron chi connectivity index (χ3n) is 4.06. The molecule has 1 atom stereocenters. The van der Waals surface area contributed by atoms with Gasteiger partial charge in [-0.1, -0.05) is 12.1 Å². The molecule has 4 N–H and O–H groups in total. The molecule has 2 rings (SSSR count). The van der Waals surface area contributed by atoms with Gasteiger partial charge in [0.15, 0.2) is 0 Å². The molecule has 1 aliphatic heterocycles. The third-order valence-corrected chi connectivity index (χ3v) is 4.06. The number of hydrogen-bond donors (Lipinski definition) is 4. The van der Waals surface area contributed by atoms with Gasteiger partial charge in [-0.25, -0.2) is 4.79 Å². The highest BCUT2D eigenvalue weighted by Gasteiger charge is 2.15. The van der Waals surface area contributed by atoms with E-state index in [1.54, 1.807) is 0 Å². The number of carbonyl (C=O) groups excluding carboxylic acids is 2. The van der Waals surface area contributed by atoms with Crippen LogP contribution in [0.2, 0.25) is 0 Å². The molecule has 0 radical (unpaired) electrons. The smallest absolute Gasteiger partial charge is 0.319 e. The van der Waals surface area contributed by atoms with E-state index in [1.807, 2.05) is 38.1 Å². The van der Waals surface area contributed by atoms with E-state index in [-0.39, 0.29) is 18.0 Å². The van der Waals surface area contributed by atoms with Crippen LogP contribution >= 0.6 is 0 Å². The molecular weight excluding hydrogens is 304 g/mol. The molecule has 0 aromatic heterocycles. The minimum atomic E-state index is -0.215. The molecule has 132 valence electrons. The first kappa shape index (κ1) is 18.3. The summed E-state index contributed by atoms with van der Waals surface area (Å²) in [5.74, 6) is 0.735. The monoisotopic (exact) mass is 332 g/mol. The Hall–Kier alpha value is -2.08. The van der Waals surface area contributed by atoms with E-state index in [1.165, 1.54) is 6.42 Å². The Morgan fingerprint density at radius 2 is 2.00 bits per heavy atom. The third kappa shape index (κ3) is 6.58. The van der Waals surface area contributed by atoms with E-state index < -0.39 is 0 Å². The normalized spacial score (nSPS) is 16.9. The summed E-state index contributed by atoms with van der Waals surface area (Å²) in [4.78, 5) is 23.5. The van der Waals surface area contributed by atoms with Gasteiger partial charge < -0.3 is 21.3 Å². The first-order valence-electron chi connectivity index (χ1n) is 8.67. The summed E-state index contributed by atoms with van der Waals surface area (Å²) in [6, 6.07) is 7.38. The summed E-state index contributed by atoms with van der Waals surface area (Å²) in [6.07, 6.45) is 2.71. The van der Waals surface area contributed by atoms with Gasteiger partial charge in [0.25, 0.3) is 0 Å². The summed E-state index contributed by atoms with van der Waals surface area (Å²) >= 11 is 0. The van der Waals surface area contributed by atoms with Crippen molar-refractivity contribution in [3.05, 3.63) is 29.8 Å². The minimum Gasteiger partial charge on any atom is -0.352 e. The molecule has 1 heterocycles. The molecule has 0 aliphatic carbocycles. The Balaban J connectivity index is 1.69. The van der Waals surface area contributed by atoms with Gasteiger partial charge in [0, 0.05) is 24.7 Å². The van der Waals surface area contributed by atoms with Crippen molar-refractivity contribution in [3.63, 3.8) is 0 Å². The van der Waals surface area contributed by atoms with Gasteiger partial charge in [-0.3, -0.25) is 4.79 Å². The molecule has 1 aliphatic rings. The maximum Gasteiger partial charge on any atom is 0.319 e. The predicted octanol–water partition coefficient (Wildman–Crippen LogP) is 2.22. The molecule has 24 heavy (non-hydrogen) atoms. The van der Waals surface area contributed by atoms with Crippen LogP contribution in [0.1, 0.15) is 38.7 Å². The van der Waals surface area contributed by atoms with Crippen LogP contribution in [0.4, 0.5) is 10.5 Å². The van der Waals surface area contributed by atoms with Crippen molar-refractivity contribution >= 4 is 17.6 Å². The summed E-state index contributed by atoms with van der Waals surface area (Å²) in [7, 11) is 0. The fourth-order valence-corrected chi connectivity index (χ4v) is 2.72. The summed E-state index contributed by atoms with van der Waals surface area (Å²) in [6.45, 7) is 6.44. The number of nitrogens with one attached hydrogen (secondary N) is 4. The van der Waals surface area contributed by atoms with Gasteiger partial charge in [-0.05, 0) is 63.4 Å². The number of rotatable bonds is 7. The van der Waals surface area contributed by atoms with Crippen molar-refractivity contribution in [3.8, 4) is 0 Å². The average Bonchev–Trinajstić information content (AvgIpc) is 3.05. The Labute approximate surface area is 143 Å². The quantitative estimate of drug-likeness (QED) is 0.618. The molecule has 6 nitrogen and oxygen atoms in total. The lowest BCUT2D eigenvalue weighted by atomic mass is 10.0. The van der Waals surface area contributed by atoms with E-state index in [4.69, 9.17) is 0 Å². The zero-order chi connectivity index (χ0) is 17.4. The largest absolute Gasteiger partial charge is 0.352 e. The zero-order valence-electron chi connectivity index (χ0n) is 14.5. The standard InChI is InChI=1S/C18H28N4O2/c1-13(2)21-18(24)22-16-6-3-14(4-7-16)12-20-17(23)8-5-15-9-10-19-11-15/h3-4,6-7,13,15,19H,5,8-12H2,1-2H3,(H,20,23)(H2,21,22,24). The number of benzene rings is 1. The summed E-state index contributed by atoms with van der Waals surface area (Å²) < 4.78 is 0. The van der Waals surface area contributed by atoms with Crippen molar-refractivity contribution in [1.29, 1.82) is 0 Å². The first-order chi connectivity index (χ1) is 11.5. The lowest BCUT2D eigenvalue weighted by molar-refractivity contribution is -0.121. The Kier molecular flexibility index (Phi) is 7.06. The number of anilines is 1. The lowest BCUT2D eigenvalue weighted by Crippen LogP contribution is -2.34. The van der Waals surface area contributed by atoms with Crippen molar-refractivity contribution in [2.24, 2.45) is 5.92 Å². The molecule has 0 saturated carbocycles. The van der Waals surface area contributed by atoms with Crippen LogP contribution in [0.15, 0.2) is 24.3 Å². The molecule has 3 amide bonds. The molecule has 0 spiro atoms. The number of urea groups is 1. The first-order valence-corrected chi connectivity index (χ1v) is 8.67. The highest BCUT2D eigenvalue weighted by molar-refractivity contribution is 5.89. The highest BCUT2D eigenvalue weighted by atomic mass is 16.2. The summed E-state index contributed by atoms with van der Waals surface area (Å²) in [5.41, 5.74) is 1.75. The van der Waals surface area contributed by atoms with Gasteiger partial charge in [0.1, 0.15) is 0 Å². The highest BCUT2D eigenvalue weighted by Crippen LogP contribution is 2.14. The average molecular weight is 332 g/mol. The number of carbonyl (C=O) groups is 2. The fourth-order valence-electron chi connectivity index (χ4n) is 2.72. The minimum absolute atomic E-state index is 0.0968. The van der Waals surface area contributed by atoms with Gasteiger partial charge >= 0.3 is 6.03 Å². The molecule has 6 heteroatoms. The predicted molar refractivity (Wildman–Crippen MR) is 95.8 cm³/mol. The maximum atomic E-state index is 11.9. The van der Waals surface area contributed by atoms with Gasteiger partial charge in [0.2, 0.25) is 5.91 Å². The maximum absolute atomic E-state index is 11.9. The van der Waals surface area contributed by atoms with E-state index in [0.29, 0.717) is 18.9 Å². The second-order valence-corrected chi connectivity index (χ2v) is 6.62. The van der Waals surface area contributed by atoms with Crippen LogP contribution in [0.5, 0.6) is 0 Å². The van der Waals surface area contributed by atoms with E-state index in [0.717, 1.165) is 30.8 Å². The van der Waals surface area contributed by atoms with Crippen molar-refractivity contribution < 1.29 is 9.59 Å². The molecule has 1 aromatic rings. The Morgan fingerprint density at radius 3 is 2.62 bits per heavy atom. The SMILES string of the molecule is CC(C)NC(=O)Nc1ccc(CNC(=O)CCC2CCNC2)cc1. The van der Waals surface area contributed by atoms with Crippen LogP contribution in [0.25, 0.3) is 0 Å². The van der Waals surface area contributed by atoms with Crippen molar-refractivity contribution in [2.75, 3.05) is 18.4 Å². The second-order valence-electron chi connectivity index (χ2n) is 6.62. The van der Waals surface area contributed by atoms with Gasteiger partial charge in [0.05, 0.1) is 0 Å². The molecule has 1 unspecified atom stereocenters. The van der Waals surface area contributed by atoms with Crippen molar-refractivity contribution in [1.82, 2.24) is 16.0 Å².